The molecule has 0 aromatic rings. The molecule has 0 spiro atoms. The molecule has 0 unspecified atom stereocenters. The fourth-order valence-electron chi connectivity index (χ4n) is 0. The van der Waals surface area contributed by atoms with E-state index >= 15 is 0 Å². The first-order valence-electron chi connectivity index (χ1n) is 0.309. The minimum absolute atomic E-state index is 0. The second-order valence-corrected chi connectivity index (χ2v) is 0.525. The summed E-state index contributed by atoms with van der Waals surface area (Å²) in [6, 6.07) is 0. The van der Waals surface area contributed by atoms with E-state index in [0.717, 1.165) is 0 Å². The van der Waals surface area contributed by atoms with Crippen molar-refractivity contribution >= 4 is 53.3 Å². The third-order valence-corrected chi connectivity index (χ3v) is 0. The molecule has 0 N–H and O–H groups in total. The molecule has 0 amide bonds. The van der Waals surface area contributed by atoms with Crippen molar-refractivity contribution in [3.8, 4) is 0 Å². The summed E-state index contributed by atoms with van der Waals surface area (Å²) in [7, 11) is 0. The van der Waals surface area contributed by atoms with Gasteiger partial charge in [0.05, 0.1) is 23.7 Å². The van der Waals surface area contributed by atoms with Crippen LogP contribution in [-0.2, 0) is 30.0 Å². The van der Waals surface area contributed by atoms with E-state index in [1.54, 1.807) is 0 Å². The van der Waals surface area contributed by atoms with Crippen LogP contribution in [0.5, 0.6) is 0 Å². The third-order valence-electron chi connectivity index (χ3n) is 0. The van der Waals surface area contributed by atoms with Gasteiger partial charge >= 0.3 is 0 Å². The second kappa shape index (κ2) is 16.1. The quantitative estimate of drug-likeness (QED) is 0.530. The maximum atomic E-state index is 4.26. The molecular weight excluding hydrogens is 201 g/mol. The number of rotatable bonds is 0. The zero-order valence-electron chi connectivity index (χ0n) is 2.66. The minimum atomic E-state index is 0. The zero-order chi connectivity index (χ0) is 2.71. The molecule has 0 heterocycles. The molecule has 1 radical (unpaired) electrons. The predicted octanol–water partition coefficient (Wildman–Crippen LogP) is 0.927. The van der Waals surface area contributed by atoms with E-state index in [1.165, 1.54) is 0 Å². The second-order valence-electron chi connectivity index (χ2n) is 0.0583. The minimum Gasteiger partial charge on any atom is -0.166 e. The van der Waals surface area contributed by atoms with E-state index in [2.05, 4.69) is 27.6 Å². The zero-order valence-corrected chi connectivity index (χ0v) is 8.63. The van der Waals surface area contributed by atoms with Crippen LogP contribution in [0.25, 0.3) is 0 Å². The van der Waals surface area contributed by atoms with Gasteiger partial charge in [0.25, 0.3) is 0 Å². The van der Waals surface area contributed by atoms with E-state index in [0.29, 0.717) is 0 Å². The van der Waals surface area contributed by atoms with Crippen molar-refractivity contribution in [3.63, 3.8) is 0 Å². The standard InChI is InChI=1S/Cl2O.Na.Zr/c1-3-2;;. The molecule has 0 rings (SSSR count). The van der Waals surface area contributed by atoms with E-state index in [9.17, 15) is 0 Å². The molecular formula is Cl2NaOZr. The van der Waals surface area contributed by atoms with Crippen LogP contribution in [0.1, 0.15) is 0 Å². The van der Waals surface area contributed by atoms with Crippen LogP contribution in [0.15, 0.2) is 0 Å². The molecule has 0 bridgehead atoms. The fourth-order valence-corrected chi connectivity index (χ4v) is 0. The van der Waals surface area contributed by atoms with Gasteiger partial charge in [0, 0.05) is 55.8 Å². The number of halogens is 2. The van der Waals surface area contributed by atoms with Crippen LogP contribution >= 0.6 is 23.7 Å². The smallest absolute Gasteiger partial charge is 0.0832 e. The van der Waals surface area contributed by atoms with Crippen LogP contribution in [0.4, 0.5) is 0 Å². The van der Waals surface area contributed by atoms with Gasteiger partial charge in [-0.2, -0.15) is 3.84 Å². The van der Waals surface area contributed by atoms with Crippen LogP contribution < -0.4 is 0 Å². The topological polar surface area (TPSA) is 9.23 Å². The van der Waals surface area contributed by atoms with Crippen molar-refractivity contribution in [2.24, 2.45) is 0 Å². The van der Waals surface area contributed by atoms with Gasteiger partial charge in [0.15, 0.2) is 0 Å². The Hall–Kier alpha value is 2.42. The molecule has 0 aliphatic rings. The van der Waals surface area contributed by atoms with Gasteiger partial charge < -0.3 is 0 Å². The van der Waals surface area contributed by atoms with Crippen LogP contribution in [-0.4, -0.2) is 29.6 Å². The van der Waals surface area contributed by atoms with Crippen molar-refractivity contribution in [1.29, 1.82) is 0 Å². The first-order valence-corrected chi connectivity index (χ1v) is 0.926. The van der Waals surface area contributed by atoms with E-state index in [-0.39, 0.29) is 55.8 Å². The molecule has 0 aliphatic carbocycles. The van der Waals surface area contributed by atoms with Gasteiger partial charge in [-0.05, 0) is 0 Å². The first-order chi connectivity index (χ1) is 1.41. The van der Waals surface area contributed by atoms with Gasteiger partial charge in [0.2, 0.25) is 0 Å². The summed E-state index contributed by atoms with van der Waals surface area (Å²) in [5.74, 6) is 0. The van der Waals surface area contributed by atoms with Crippen molar-refractivity contribution in [1.82, 2.24) is 0 Å². The molecule has 0 aromatic carbocycles. The summed E-state index contributed by atoms with van der Waals surface area (Å²) in [6.45, 7) is 0. The average molecular weight is 201 g/mol. The molecule has 25 valence electrons. The Bertz CT molecular complexity index is 9.61. The summed E-state index contributed by atoms with van der Waals surface area (Å²) in [4.78, 5) is 0. The van der Waals surface area contributed by atoms with Crippen molar-refractivity contribution in [2.75, 3.05) is 0 Å². The Morgan fingerprint density at radius 3 is 1.20 bits per heavy atom. The predicted molar refractivity (Wildman–Crippen MR) is 18.5 cm³/mol. The maximum absolute atomic E-state index is 4.26. The van der Waals surface area contributed by atoms with E-state index < -0.39 is 0 Å². The Labute approximate surface area is 82.1 Å². The Kier molecular flexibility index (Phi) is 50.5. The molecule has 0 aliphatic heterocycles. The molecule has 0 atom stereocenters. The van der Waals surface area contributed by atoms with Crippen LogP contribution in [0, 0.1) is 0 Å². The average Bonchev–Trinajstić information content (AvgIpc) is 0.918. The van der Waals surface area contributed by atoms with Gasteiger partial charge in [0.1, 0.15) is 0 Å². The Balaban J connectivity index is -0.0000000200. The normalized spacial score (nSPS) is 3.60. The first kappa shape index (κ1) is 15.7. The van der Waals surface area contributed by atoms with Crippen molar-refractivity contribution in [2.45, 2.75) is 0 Å². The Morgan fingerprint density at radius 1 is 1.20 bits per heavy atom. The largest absolute Gasteiger partial charge is 0.166 e. The maximum Gasteiger partial charge on any atom is 0.0832 e. The van der Waals surface area contributed by atoms with Gasteiger partial charge in [-0.3, -0.25) is 0 Å². The summed E-state index contributed by atoms with van der Waals surface area (Å²) >= 11 is 8.53. The molecule has 0 aromatic heterocycles. The molecule has 5 heteroatoms. The number of hydrogen-bond donors (Lipinski definition) is 0. The van der Waals surface area contributed by atoms with Gasteiger partial charge in [-0.1, -0.05) is 0 Å². The number of hydrogen-bond acceptors (Lipinski definition) is 1. The molecule has 0 fully saturated rings. The molecule has 5 heavy (non-hydrogen) atoms. The molecule has 0 saturated heterocycles. The monoisotopic (exact) mass is 199 g/mol. The summed E-state index contributed by atoms with van der Waals surface area (Å²) in [5, 5.41) is 0. The van der Waals surface area contributed by atoms with Crippen molar-refractivity contribution < 1.29 is 30.0 Å². The molecule has 0 saturated carbocycles. The Morgan fingerprint density at radius 2 is 1.20 bits per heavy atom. The van der Waals surface area contributed by atoms with Crippen LogP contribution in [0.3, 0.4) is 0 Å². The van der Waals surface area contributed by atoms with Crippen LogP contribution in [0.2, 0.25) is 0 Å². The summed E-state index contributed by atoms with van der Waals surface area (Å²) < 4.78 is 3.19. The summed E-state index contributed by atoms with van der Waals surface area (Å²) in [5.41, 5.74) is 0. The third kappa shape index (κ3) is 21.4. The van der Waals surface area contributed by atoms with Crippen molar-refractivity contribution in [3.05, 3.63) is 0 Å². The van der Waals surface area contributed by atoms with E-state index in [4.69, 9.17) is 0 Å². The van der Waals surface area contributed by atoms with Gasteiger partial charge in [-0.25, -0.2) is 0 Å². The van der Waals surface area contributed by atoms with E-state index in [1.807, 2.05) is 0 Å². The molecule has 1 nitrogen and oxygen atoms in total. The summed E-state index contributed by atoms with van der Waals surface area (Å²) in [6.07, 6.45) is 0. The van der Waals surface area contributed by atoms with Gasteiger partial charge in [-0.15, -0.1) is 0 Å². The SMILES string of the molecule is ClOCl.[Na].[Zr]. The fraction of sp³-hybridized carbons (Fsp3) is 0.